The van der Waals surface area contributed by atoms with Crippen LogP contribution in [0.15, 0.2) is 24.3 Å². The van der Waals surface area contributed by atoms with Crippen molar-refractivity contribution < 1.29 is 19.1 Å². The molecule has 1 atom stereocenters. The van der Waals surface area contributed by atoms with Gasteiger partial charge in [0.2, 0.25) is 0 Å². The molecule has 0 spiro atoms. The lowest BCUT2D eigenvalue weighted by atomic mass is 9.98. The van der Waals surface area contributed by atoms with Crippen LogP contribution in [-0.2, 0) is 19.1 Å². The third-order valence-corrected chi connectivity index (χ3v) is 2.51. The van der Waals surface area contributed by atoms with Crippen LogP contribution in [0, 0.1) is 0 Å². The molecular formula is C15H24O4. The van der Waals surface area contributed by atoms with E-state index in [-0.39, 0.29) is 6.10 Å². The van der Waals surface area contributed by atoms with Crippen molar-refractivity contribution in [1.29, 1.82) is 0 Å². The summed E-state index contributed by atoms with van der Waals surface area (Å²) in [6, 6.07) is 0. The molecule has 4 nitrogen and oxygen atoms in total. The smallest absolute Gasteiger partial charge is 0.333 e. The van der Waals surface area contributed by atoms with Crippen molar-refractivity contribution in [2.24, 2.45) is 0 Å². The van der Waals surface area contributed by atoms with E-state index in [1.807, 2.05) is 6.92 Å². The molecule has 0 aliphatic heterocycles. The minimum atomic E-state index is -0.716. The second-order valence-electron chi connectivity index (χ2n) is 5.35. The summed E-state index contributed by atoms with van der Waals surface area (Å²) in [5.74, 6) is -0.861. The van der Waals surface area contributed by atoms with Gasteiger partial charge in [-0.05, 0) is 34.1 Å². The zero-order valence-corrected chi connectivity index (χ0v) is 12.5. The average Bonchev–Trinajstić information content (AvgIpc) is 2.26. The predicted molar refractivity (Wildman–Crippen MR) is 74.6 cm³/mol. The highest BCUT2D eigenvalue weighted by Gasteiger charge is 2.28. The molecule has 0 rings (SSSR count). The molecular weight excluding hydrogens is 244 g/mol. The number of hydrogen-bond acceptors (Lipinski definition) is 4. The molecule has 0 aliphatic carbocycles. The molecule has 0 N–H and O–H groups in total. The summed E-state index contributed by atoms with van der Waals surface area (Å²) < 4.78 is 10.6. The van der Waals surface area contributed by atoms with Gasteiger partial charge in [-0.1, -0.05) is 20.1 Å². The molecule has 19 heavy (non-hydrogen) atoms. The largest absolute Gasteiger partial charge is 0.459 e. The van der Waals surface area contributed by atoms with Crippen LogP contribution < -0.4 is 0 Å². The fourth-order valence-corrected chi connectivity index (χ4v) is 1.45. The molecule has 4 heteroatoms. The summed E-state index contributed by atoms with van der Waals surface area (Å²) in [7, 11) is 0. The molecule has 0 bridgehead atoms. The zero-order chi connectivity index (χ0) is 15.2. The van der Waals surface area contributed by atoms with Crippen LogP contribution in [0.1, 0.15) is 47.5 Å². The van der Waals surface area contributed by atoms with Gasteiger partial charge in [0.15, 0.2) is 0 Å². The molecule has 0 amide bonds. The van der Waals surface area contributed by atoms with Gasteiger partial charge >= 0.3 is 11.9 Å². The Labute approximate surface area is 115 Å². The average molecular weight is 268 g/mol. The maximum Gasteiger partial charge on any atom is 0.333 e. The Hall–Kier alpha value is -1.58. The van der Waals surface area contributed by atoms with Crippen molar-refractivity contribution >= 4 is 11.9 Å². The van der Waals surface area contributed by atoms with Crippen LogP contribution in [0.3, 0.4) is 0 Å². The van der Waals surface area contributed by atoms with Gasteiger partial charge < -0.3 is 9.47 Å². The molecule has 0 fully saturated rings. The molecule has 0 aromatic carbocycles. The predicted octanol–water partition coefficient (Wildman–Crippen LogP) is 3.17. The molecule has 0 heterocycles. The lowest BCUT2D eigenvalue weighted by molar-refractivity contribution is -0.158. The first-order valence-corrected chi connectivity index (χ1v) is 6.34. The molecule has 0 aliphatic rings. The molecule has 0 saturated heterocycles. The molecule has 0 aromatic heterocycles. The number of carbonyl (C=O) groups is 2. The number of esters is 2. The van der Waals surface area contributed by atoms with Crippen molar-refractivity contribution in [3.8, 4) is 0 Å². The fraction of sp³-hybridized carbons (Fsp3) is 0.600. The van der Waals surface area contributed by atoms with E-state index in [1.165, 1.54) is 0 Å². The Bertz CT molecular complexity index is 380. The summed E-state index contributed by atoms with van der Waals surface area (Å²) in [6.45, 7) is 15.7. The maximum atomic E-state index is 11.5. The van der Waals surface area contributed by atoms with Crippen LogP contribution in [0.2, 0.25) is 0 Å². The normalized spacial score (nSPS) is 12.5. The summed E-state index contributed by atoms with van der Waals surface area (Å²) in [6.07, 6.45) is 0.770. The molecule has 0 aromatic rings. The van der Waals surface area contributed by atoms with Crippen LogP contribution >= 0.6 is 0 Å². The fourth-order valence-electron chi connectivity index (χ4n) is 1.45. The van der Waals surface area contributed by atoms with E-state index >= 15 is 0 Å². The highest BCUT2D eigenvalue weighted by Crippen LogP contribution is 2.22. The highest BCUT2D eigenvalue weighted by atomic mass is 16.6. The van der Waals surface area contributed by atoms with E-state index in [2.05, 4.69) is 13.2 Å². The van der Waals surface area contributed by atoms with Gasteiger partial charge in [-0.25, -0.2) is 9.59 Å². The van der Waals surface area contributed by atoms with E-state index in [4.69, 9.17) is 9.47 Å². The quantitative estimate of drug-likeness (QED) is 0.525. The minimum absolute atomic E-state index is 0.308. The number of ether oxygens (including phenoxy) is 2. The van der Waals surface area contributed by atoms with Gasteiger partial charge in [0.05, 0.1) is 0 Å². The van der Waals surface area contributed by atoms with Gasteiger partial charge in [0, 0.05) is 17.6 Å². The number of hydrogen-bond donors (Lipinski definition) is 0. The van der Waals surface area contributed by atoms with Gasteiger partial charge in [-0.3, -0.25) is 0 Å². The van der Waals surface area contributed by atoms with Gasteiger partial charge in [-0.2, -0.15) is 0 Å². The highest BCUT2D eigenvalue weighted by molar-refractivity contribution is 5.87. The van der Waals surface area contributed by atoms with E-state index < -0.39 is 17.5 Å². The standard InChI is InChI=1S/C15H24O4/c1-8-12(18-13(16)10(2)3)9-15(6,7)19-14(17)11(4)5/h12H,2,4,8-9H2,1,3,5-7H3. The Balaban J connectivity index is 4.59. The molecule has 0 radical (unpaired) electrons. The second kappa shape index (κ2) is 7.12. The first-order chi connectivity index (χ1) is 8.59. The Kier molecular flexibility index (Phi) is 6.53. The number of rotatable bonds is 7. The van der Waals surface area contributed by atoms with Gasteiger partial charge in [0.1, 0.15) is 11.7 Å². The Morgan fingerprint density at radius 2 is 1.58 bits per heavy atom. The summed E-state index contributed by atoms with van der Waals surface area (Å²) in [5.41, 5.74) is -0.0123. The first-order valence-electron chi connectivity index (χ1n) is 6.34. The van der Waals surface area contributed by atoms with Crippen LogP contribution in [0.25, 0.3) is 0 Å². The van der Waals surface area contributed by atoms with Gasteiger partial charge in [0.25, 0.3) is 0 Å². The summed E-state index contributed by atoms with van der Waals surface area (Å²) >= 11 is 0. The van der Waals surface area contributed by atoms with Crippen LogP contribution in [0.5, 0.6) is 0 Å². The van der Waals surface area contributed by atoms with Crippen molar-refractivity contribution in [3.63, 3.8) is 0 Å². The minimum Gasteiger partial charge on any atom is -0.459 e. The van der Waals surface area contributed by atoms with E-state index in [0.29, 0.717) is 24.0 Å². The van der Waals surface area contributed by atoms with Crippen molar-refractivity contribution in [1.82, 2.24) is 0 Å². The van der Waals surface area contributed by atoms with Gasteiger partial charge in [-0.15, -0.1) is 0 Å². The van der Waals surface area contributed by atoms with E-state index in [9.17, 15) is 9.59 Å². The van der Waals surface area contributed by atoms with Crippen molar-refractivity contribution in [3.05, 3.63) is 24.3 Å². The van der Waals surface area contributed by atoms with Crippen molar-refractivity contribution in [2.45, 2.75) is 59.2 Å². The lowest BCUT2D eigenvalue weighted by Crippen LogP contribution is -2.34. The van der Waals surface area contributed by atoms with Crippen LogP contribution in [0.4, 0.5) is 0 Å². The zero-order valence-electron chi connectivity index (χ0n) is 12.5. The lowest BCUT2D eigenvalue weighted by Gasteiger charge is -2.29. The Morgan fingerprint density at radius 3 is 1.95 bits per heavy atom. The third-order valence-electron chi connectivity index (χ3n) is 2.51. The maximum absolute atomic E-state index is 11.5. The van der Waals surface area contributed by atoms with Crippen molar-refractivity contribution in [2.75, 3.05) is 0 Å². The molecule has 108 valence electrons. The molecule has 0 saturated carbocycles. The third kappa shape index (κ3) is 6.79. The monoisotopic (exact) mass is 268 g/mol. The SMILES string of the molecule is C=C(C)C(=O)OC(CC)CC(C)(C)OC(=O)C(=C)C. The first kappa shape index (κ1) is 17.4. The Morgan fingerprint density at radius 1 is 1.11 bits per heavy atom. The van der Waals surface area contributed by atoms with Crippen LogP contribution in [-0.4, -0.2) is 23.6 Å². The van der Waals surface area contributed by atoms with E-state index in [0.717, 1.165) is 0 Å². The topological polar surface area (TPSA) is 52.6 Å². The summed E-state index contributed by atoms with van der Waals surface area (Å²) in [5, 5.41) is 0. The second-order valence-corrected chi connectivity index (χ2v) is 5.35. The van der Waals surface area contributed by atoms with E-state index in [1.54, 1.807) is 27.7 Å². The number of carbonyl (C=O) groups excluding carboxylic acids is 2. The summed E-state index contributed by atoms with van der Waals surface area (Å²) in [4.78, 5) is 23.0. The molecule has 1 unspecified atom stereocenters.